The smallest absolute Gasteiger partial charge is 0.356 e. The second kappa shape index (κ2) is 4.02. The van der Waals surface area contributed by atoms with E-state index in [1.54, 1.807) is 4.68 Å². The van der Waals surface area contributed by atoms with Gasteiger partial charge in [-0.15, -0.1) is 0 Å². The van der Waals surface area contributed by atoms with Crippen LogP contribution in [0.25, 0.3) is 0 Å². The first-order valence-corrected chi connectivity index (χ1v) is 5.15. The van der Waals surface area contributed by atoms with Crippen molar-refractivity contribution in [2.45, 2.75) is 26.4 Å². The molecule has 0 aliphatic carbocycles. The molecule has 0 saturated carbocycles. The zero-order valence-electron chi connectivity index (χ0n) is 9.04. The Morgan fingerprint density at radius 1 is 1.67 bits per heavy atom. The molecule has 1 N–H and O–H groups in total. The molecule has 5 heteroatoms. The van der Waals surface area contributed by atoms with Gasteiger partial charge in [-0.3, -0.25) is 4.68 Å². The van der Waals surface area contributed by atoms with Gasteiger partial charge in [0.25, 0.3) is 0 Å². The van der Waals surface area contributed by atoms with Crippen LogP contribution < -0.4 is 5.32 Å². The van der Waals surface area contributed by atoms with Gasteiger partial charge in [-0.1, -0.05) is 0 Å². The molecule has 2 heterocycles. The van der Waals surface area contributed by atoms with E-state index >= 15 is 0 Å². The van der Waals surface area contributed by atoms with E-state index in [9.17, 15) is 4.79 Å². The van der Waals surface area contributed by atoms with Crippen molar-refractivity contribution in [3.8, 4) is 0 Å². The number of hydrogen-bond acceptors (Lipinski definition) is 4. The van der Waals surface area contributed by atoms with Crippen LogP contribution in [0.4, 0.5) is 0 Å². The summed E-state index contributed by atoms with van der Waals surface area (Å²) in [7, 11) is 1.40. The Hall–Kier alpha value is -1.36. The van der Waals surface area contributed by atoms with Crippen molar-refractivity contribution in [3.63, 3.8) is 0 Å². The molecule has 82 valence electrons. The molecule has 1 aliphatic heterocycles. The van der Waals surface area contributed by atoms with Crippen LogP contribution in [0.3, 0.4) is 0 Å². The molecule has 0 spiro atoms. The lowest BCUT2D eigenvalue weighted by atomic mass is 10.1. The highest BCUT2D eigenvalue weighted by Gasteiger charge is 2.24. The number of methoxy groups -OCH3 is 1. The van der Waals surface area contributed by atoms with Crippen LogP contribution in [-0.2, 0) is 24.2 Å². The van der Waals surface area contributed by atoms with Gasteiger partial charge < -0.3 is 10.1 Å². The summed E-state index contributed by atoms with van der Waals surface area (Å²) >= 11 is 0. The van der Waals surface area contributed by atoms with Crippen LogP contribution in [0, 0.1) is 0 Å². The number of fused-ring (bicyclic) bond motifs is 1. The number of nitrogens with zero attached hydrogens (tertiary/aromatic N) is 2. The molecule has 1 aromatic rings. The topological polar surface area (TPSA) is 56.2 Å². The summed E-state index contributed by atoms with van der Waals surface area (Å²) in [6, 6.07) is 0. The molecule has 15 heavy (non-hydrogen) atoms. The molecule has 0 atom stereocenters. The number of esters is 1. The average Bonchev–Trinajstić information content (AvgIpc) is 2.66. The fraction of sp³-hybridized carbons (Fsp3) is 0.600. The van der Waals surface area contributed by atoms with Crippen molar-refractivity contribution >= 4 is 5.97 Å². The van der Waals surface area contributed by atoms with E-state index in [1.165, 1.54) is 7.11 Å². The highest BCUT2D eigenvalue weighted by atomic mass is 16.5. The summed E-state index contributed by atoms with van der Waals surface area (Å²) in [6.07, 6.45) is 0.881. The summed E-state index contributed by atoms with van der Waals surface area (Å²) in [5, 5.41) is 7.65. The number of ether oxygens (including phenoxy) is 1. The van der Waals surface area contributed by atoms with Crippen molar-refractivity contribution in [1.29, 1.82) is 0 Å². The molecule has 0 saturated heterocycles. The van der Waals surface area contributed by atoms with Gasteiger partial charge in [0.15, 0.2) is 5.69 Å². The van der Waals surface area contributed by atoms with Crippen LogP contribution in [-0.4, -0.2) is 29.4 Å². The lowest BCUT2D eigenvalue weighted by Crippen LogP contribution is -2.24. The van der Waals surface area contributed by atoms with Crippen LogP contribution in [0.15, 0.2) is 0 Å². The number of nitrogens with one attached hydrogen (secondary N) is 1. The quantitative estimate of drug-likeness (QED) is 0.713. The minimum atomic E-state index is -0.297. The Bertz CT molecular complexity index is 384. The van der Waals surface area contributed by atoms with Gasteiger partial charge in [0, 0.05) is 31.6 Å². The van der Waals surface area contributed by atoms with Crippen LogP contribution in [0.2, 0.25) is 0 Å². The maximum Gasteiger partial charge on any atom is 0.356 e. The molecule has 5 nitrogen and oxygen atoms in total. The summed E-state index contributed by atoms with van der Waals surface area (Å²) in [5.74, 6) is -0.297. The van der Waals surface area contributed by atoms with Crippen molar-refractivity contribution in [2.24, 2.45) is 0 Å². The third-order valence-corrected chi connectivity index (χ3v) is 2.65. The Morgan fingerprint density at radius 2 is 2.47 bits per heavy atom. The van der Waals surface area contributed by atoms with E-state index in [1.807, 2.05) is 6.92 Å². The summed E-state index contributed by atoms with van der Waals surface area (Å²) in [4.78, 5) is 11.6. The average molecular weight is 209 g/mol. The lowest BCUT2D eigenvalue weighted by molar-refractivity contribution is 0.0585. The van der Waals surface area contributed by atoms with Gasteiger partial charge in [-0.25, -0.2) is 4.79 Å². The fourth-order valence-electron chi connectivity index (χ4n) is 1.91. The van der Waals surface area contributed by atoms with Gasteiger partial charge in [0.05, 0.1) is 12.8 Å². The Balaban J connectivity index is 2.49. The zero-order valence-corrected chi connectivity index (χ0v) is 9.04. The summed E-state index contributed by atoms with van der Waals surface area (Å²) < 4.78 is 6.50. The first-order chi connectivity index (χ1) is 7.27. The van der Waals surface area contributed by atoms with E-state index in [4.69, 9.17) is 4.74 Å². The zero-order chi connectivity index (χ0) is 10.8. The first kappa shape index (κ1) is 10.2. The van der Waals surface area contributed by atoms with Crippen LogP contribution >= 0.6 is 0 Å². The third kappa shape index (κ3) is 1.63. The predicted octanol–water partition coefficient (Wildman–Crippen LogP) is 0.335. The highest BCUT2D eigenvalue weighted by Crippen LogP contribution is 2.18. The fourth-order valence-corrected chi connectivity index (χ4v) is 1.91. The summed E-state index contributed by atoms with van der Waals surface area (Å²) in [6.45, 7) is 4.30. The Labute approximate surface area is 88.4 Å². The molecule has 0 bridgehead atoms. The molecule has 0 amide bonds. The van der Waals surface area contributed by atoms with Gasteiger partial charge in [-0.05, 0) is 6.92 Å². The van der Waals surface area contributed by atoms with Crippen molar-refractivity contribution in [1.82, 2.24) is 15.1 Å². The van der Waals surface area contributed by atoms with Gasteiger partial charge >= 0.3 is 5.97 Å². The second-order valence-electron chi connectivity index (χ2n) is 3.51. The van der Waals surface area contributed by atoms with Crippen molar-refractivity contribution in [2.75, 3.05) is 13.7 Å². The molecule has 1 aliphatic rings. The Kier molecular flexibility index (Phi) is 2.73. The molecule has 2 rings (SSSR count). The standard InChI is InChI=1S/C10H15N3O2/c1-3-13-9(10(14)15-2)7-6-11-5-4-8(7)12-13/h11H,3-6H2,1-2H3. The lowest BCUT2D eigenvalue weighted by Gasteiger charge is -2.11. The van der Waals surface area contributed by atoms with Crippen LogP contribution in [0.5, 0.6) is 0 Å². The molecular formula is C10H15N3O2. The van der Waals surface area contributed by atoms with Crippen LogP contribution in [0.1, 0.15) is 28.7 Å². The minimum absolute atomic E-state index is 0.297. The van der Waals surface area contributed by atoms with Crippen molar-refractivity contribution < 1.29 is 9.53 Å². The monoisotopic (exact) mass is 209 g/mol. The largest absolute Gasteiger partial charge is 0.464 e. The predicted molar refractivity (Wildman–Crippen MR) is 54.7 cm³/mol. The number of aromatic nitrogens is 2. The SMILES string of the molecule is CCn1nc2c(c1C(=O)OC)CNCC2. The number of hydrogen-bond donors (Lipinski definition) is 1. The maximum absolute atomic E-state index is 11.6. The second-order valence-corrected chi connectivity index (χ2v) is 3.51. The van der Waals surface area contributed by atoms with Gasteiger partial charge in [0.2, 0.25) is 0 Å². The van der Waals surface area contributed by atoms with E-state index in [2.05, 4.69) is 10.4 Å². The van der Waals surface area contributed by atoms with E-state index in [0.29, 0.717) is 18.8 Å². The molecular weight excluding hydrogens is 194 g/mol. The number of rotatable bonds is 2. The molecule has 1 aromatic heterocycles. The molecule has 0 unspecified atom stereocenters. The normalized spacial score (nSPS) is 14.8. The minimum Gasteiger partial charge on any atom is -0.464 e. The first-order valence-electron chi connectivity index (χ1n) is 5.15. The molecule has 0 radical (unpaired) electrons. The number of carbonyl (C=O) groups excluding carboxylic acids is 1. The van der Waals surface area contributed by atoms with E-state index in [-0.39, 0.29) is 5.97 Å². The Morgan fingerprint density at radius 3 is 3.13 bits per heavy atom. The van der Waals surface area contributed by atoms with Gasteiger partial charge in [-0.2, -0.15) is 5.10 Å². The number of aryl methyl sites for hydroxylation is 1. The van der Waals surface area contributed by atoms with E-state index in [0.717, 1.165) is 24.2 Å². The van der Waals surface area contributed by atoms with Crippen molar-refractivity contribution in [3.05, 3.63) is 17.0 Å². The third-order valence-electron chi connectivity index (χ3n) is 2.65. The molecule has 0 fully saturated rings. The summed E-state index contributed by atoms with van der Waals surface area (Å²) in [5.41, 5.74) is 2.62. The van der Waals surface area contributed by atoms with E-state index < -0.39 is 0 Å². The molecule has 0 aromatic carbocycles. The maximum atomic E-state index is 11.6. The van der Waals surface area contributed by atoms with Gasteiger partial charge in [0.1, 0.15) is 0 Å². The highest BCUT2D eigenvalue weighted by molar-refractivity contribution is 5.89. The number of carbonyl (C=O) groups is 1.